The van der Waals surface area contributed by atoms with Crippen LogP contribution in [0.2, 0.25) is 4.34 Å². The maximum atomic E-state index is 12.5. The van der Waals surface area contributed by atoms with Crippen molar-refractivity contribution >= 4 is 50.4 Å². The lowest BCUT2D eigenvalue weighted by Crippen LogP contribution is -2.20. The Morgan fingerprint density at radius 2 is 2.15 bits per heavy atom. The SMILES string of the molecule is CN1CCC/C1=N\S(=O)(=O)c1cccc(NC(=O)CCc2ccc(Cl)s2)c1. The van der Waals surface area contributed by atoms with Crippen LogP contribution in [0.25, 0.3) is 0 Å². The van der Waals surface area contributed by atoms with Gasteiger partial charge in [0, 0.05) is 37.0 Å². The molecule has 6 nitrogen and oxygen atoms in total. The number of hydrogen-bond donors (Lipinski definition) is 1. The average Bonchev–Trinajstić information content (AvgIpc) is 3.21. The zero-order valence-corrected chi connectivity index (χ0v) is 17.2. The van der Waals surface area contributed by atoms with Crippen molar-refractivity contribution in [3.63, 3.8) is 0 Å². The summed E-state index contributed by atoms with van der Waals surface area (Å²) in [5, 5.41) is 2.74. The summed E-state index contributed by atoms with van der Waals surface area (Å²) in [4.78, 5) is 15.1. The fourth-order valence-electron chi connectivity index (χ4n) is 2.78. The highest BCUT2D eigenvalue weighted by Gasteiger charge is 2.20. The van der Waals surface area contributed by atoms with Crippen molar-refractivity contribution in [2.45, 2.75) is 30.6 Å². The fraction of sp³-hybridized carbons (Fsp3) is 0.333. The number of anilines is 1. The van der Waals surface area contributed by atoms with Crippen LogP contribution in [-0.4, -0.2) is 38.7 Å². The Kier molecular flexibility index (Phi) is 6.18. The Hall–Kier alpha value is -1.90. The van der Waals surface area contributed by atoms with Crippen LogP contribution in [0.5, 0.6) is 0 Å². The van der Waals surface area contributed by atoms with Gasteiger partial charge in [0.15, 0.2) is 0 Å². The molecule has 0 radical (unpaired) electrons. The van der Waals surface area contributed by atoms with E-state index in [4.69, 9.17) is 11.6 Å². The first kappa shape index (κ1) is 19.9. The molecule has 9 heteroatoms. The van der Waals surface area contributed by atoms with Crippen LogP contribution in [-0.2, 0) is 21.2 Å². The van der Waals surface area contributed by atoms with Crippen molar-refractivity contribution in [2.75, 3.05) is 18.9 Å². The summed E-state index contributed by atoms with van der Waals surface area (Å²) < 4.78 is 29.7. The minimum atomic E-state index is -3.81. The number of hydrogen-bond acceptors (Lipinski definition) is 4. The van der Waals surface area contributed by atoms with E-state index in [0.717, 1.165) is 17.8 Å². The molecule has 1 saturated heterocycles. The van der Waals surface area contributed by atoms with Gasteiger partial charge in [0.25, 0.3) is 10.0 Å². The second-order valence-corrected chi connectivity index (χ2v) is 9.69. The molecule has 0 atom stereocenters. The molecule has 1 amide bonds. The van der Waals surface area contributed by atoms with E-state index in [1.165, 1.54) is 23.5 Å². The lowest BCUT2D eigenvalue weighted by Gasteiger charge is -2.11. The van der Waals surface area contributed by atoms with E-state index in [9.17, 15) is 13.2 Å². The molecule has 2 heterocycles. The van der Waals surface area contributed by atoms with Crippen LogP contribution in [0.4, 0.5) is 5.69 Å². The number of rotatable bonds is 6. The molecule has 1 aromatic carbocycles. The first-order chi connectivity index (χ1) is 12.8. The Balaban J connectivity index is 1.67. The zero-order chi connectivity index (χ0) is 19.4. The van der Waals surface area contributed by atoms with E-state index in [2.05, 4.69) is 9.71 Å². The van der Waals surface area contributed by atoms with Crippen LogP contribution >= 0.6 is 22.9 Å². The third kappa shape index (κ3) is 5.31. The lowest BCUT2D eigenvalue weighted by atomic mass is 10.2. The van der Waals surface area contributed by atoms with Gasteiger partial charge in [-0.1, -0.05) is 17.7 Å². The van der Waals surface area contributed by atoms with Gasteiger partial charge in [0.2, 0.25) is 5.91 Å². The Morgan fingerprint density at radius 3 is 2.81 bits per heavy atom. The largest absolute Gasteiger partial charge is 0.362 e. The monoisotopic (exact) mass is 425 g/mol. The van der Waals surface area contributed by atoms with Crippen LogP contribution < -0.4 is 5.32 Å². The van der Waals surface area contributed by atoms with E-state index in [1.54, 1.807) is 18.2 Å². The normalized spacial score (nSPS) is 16.1. The Morgan fingerprint density at radius 1 is 1.33 bits per heavy atom. The molecular formula is C18H20ClN3O3S2. The number of likely N-dealkylation sites (tertiary alicyclic amines) is 1. The number of thiophene rings is 1. The maximum absolute atomic E-state index is 12.5. The molecule has 0 saturated carbocycles. The van der Waals surface area contributed by atoms with Crippen molar-refractivity contribution in [3.05, 3.63) is 45.6 Å². The first-order valence-electron chi connectivity index (χ1n) is 8.52. The van der Waals surface area contributed by atoms with Gasteiger partial charge < -0.3 is 10.2 Å². The molecule has 3 rings (SSSR count). The van der Waals surface area contributed by atoms with Gasteiger partial charge in [0.05, 0.1) is 9.23 Å². The number of nitrogens with zero attached hydrogens (tertiary/aromatic N) is 2. The highest BCUT2D eigenvalue weighted by atomic mass is 35.5. The predicted molar refractivity (Wildman–Crippen MR) is 109 cm³/mol. The third-order valence-electron chi connectivity index (χ3n) is 4.20. The standard InChI is InChI=1S/C18H20ClN3O3S2/c1-22-11-3-6-17(22)21-27(24,25)15-5-2-4-13(12-15)20-18(23)10-8-14-7-9-16(19)26-14/h2,4-5,7,9,12H,3,6,8,10-11H2,1H3,(H,20,23)/b21-17+. The van der Waals surface area contributed by atoms with Crippen LogP contribution in [0.15, 0.2) is 45.7 Å². The minimum Gasteiger partial charge on any atom is -0.362 e. The van der Waals surface area contributed by atoms with Crippen LogP contribution in [0.1, 0.15) is 24.1 Å². The Labute approximate surface area is 167 Å². The number of amidine groups is 1. The predicted octanol–water partition coefficient (Wildman–Crippen LogP) is 3.79. The smallest absolute Gasteiger partial charge is 0.284 e. The molecule has 2 aromatic rings. The summed E-state index contributed by atoms with van der Waals surface area (Å²) in [6.07, 6.45) is 2.43. The third-order valence-corrected chi connectivity index (χ3v) is 6.79. The van der Waals surface area contributed by atoms with E-state index in [0.29, 0.717) is 35.1 Å². The van der Waals surface area contributed by atoms with E-state index < -0.39 is 10.0 Å². The van der Waals surface area contributed by atoms with Gasteiger partial charge in [-0.3, -0.25) is 4.79 Å². The highest BCUT2D eigenvalue weighted by molar-refractivity contribution is 7.90. The number of carbonyl (C=O) groups is 1. The van der Waals surface area contributed by atoms with Gasteiger partial charge in [-0.15, -0.1) is 15.7 Å². The minimum absolute atomic E-state index is 0.0677. The lowest BCUT2D eigenvalue weighted by molar-refractivity contribution is -0.116. The molecule has 0 aliphatic carbocycles. The molecule has 1 aliphatic heterocycles. The van der Waals surface area contributed by atoms with Crippen molar-refractivity contribution < 1.29 is 13.2 Å². The topological polar surface area (TPSA) is 78.8 Å². The second-order valence-electron chi connectivity index (χ2n) is 6.29. The molecule has 1 fully saturated rings. The van der Waals surface area contributed by atoms with Crippen molar-refractivity contribution in [1.29, 1.82) is 0 Å². The molecule has 27 heavy (non-hydrogen) atoms. The van der Waals surface area contributed by atoms with Crippen molar-refractivity contribution in [3.8, 4) is 0 Å². The number of halogens is 1. The van der Waals surface area contributed by atoms with Gasteiger partial charge >= 0.3 is 0 Å². The molecule has 1 aliphatic rings. The van der Waals surface area contributed by atoms with E-state index >= 15 is 0 Å². The van der Waals surface area contributed by atoms with Crippen molar-refractivity contribution in [2.24, 2.45) is 4.40 Å². The van der Waals surface area contributed by atoms with Crippen molar-refractivity contribution in [1.82, 2.24) is 4.90 Å². The number of carbonyl (C=O) groups excluding carboxylic acids is 1. The summed E-state index contributed by atoms with van der Waals surface area (Å²) in [6, 6.07) is 9.88. The molecule has 144 valence electrons. The van der Waals surface area contributed by atoms with Gasteiger partial charge in [0.1, 0.15) is 5.84 Å². The highest BCUT2D eigenvalue weighted by Crippen LogP contribution is 2.23. The van der Waals surface area contributed by atoms with Crippen LogP contribution in [0, 0.1) is 0 Å². The number of benzene rings is 1. The molecule has 0 bridgehead atoms. The van der Waals surface area contributed by atoms with Gasteiger partial charge in [-0.05, 0) is 43.2 Å². The number of sulfonamides is 1. The Bertz CT molecular complexity index is 970. The van der Waals surface area contributed by atoms with Gasteiger partial charge in [-0.2, -0.15) is 8.42 Å². The fourth-order valence-corrected chi connectivity index (χ4v) is 5.01. The zero-order valence-electron chi connectivity index (χ0n) is 14.8. The first-order valence-corrected chi connectivity index (χ1v) is 11.2. The number of nitrogens with one attached hydrogen (secondary N) is 1. The van der Waals surface area contributed by atoms with Crippen LogP contribution in [0.3, 0.4) is 0 Å². The molecule has 0 spiro atoms. The molecule has 1 aromatic heterocycles. The quantitative estimate of drug-likeness (QED) is 0.763. The van der Waals surface area contributed by atoms with Gasteiger partial charge in [-0.25, -0.2) is 0 Å². The average molecular weight is 426 g/mol. The summed E-state index contributed by atoms with van der Waals surface area (Å²) >= 11 is 7.33. The second kappa shape index (κ2) is 8.41. The molecule has 1 N–H and O–H groups in total. The molecule has 0 unspecified atom stereocenters. The molecular weight excluding hydrogens is 406 g/mol. The summed E-state index contributed by atoms with van der Waals surface area (Å²) in [7, 11) is -1.97. The van der Waals surface area contributed by atoms with E-state index in [1.807, 2.05) is 18.0 Å². The summed E-state index contributed by atoms with van der Waals surface area (Å²) in [5.41, 5.74) is 0.435. The number of amides is 1. The maximum Gasteiger partial charge on any atom is 0.284 e. The summed E-state index contributed by atoms with van der Waals surface area (Å²) in [6.45, 7) is 0.805. The van der Waals surface area contributed by atoms with E-state index in [-0.39, 0.29) is 10.8 Å². The summed E-state index contributed by atoms with van der Waals surface area (Å²) in [5.74, 6) is 0.384. The number of aryl methyl sites for hydroxylation is 1.